The van der Waals surface area contributed by atoms with E-state index in [9.17, 15) is 9.90 Å². The second-order valence-electron chi connectivity index (χ2n) is 4.31. The number of carboxylic acids is 1. The number of nitrogens with zero attached hydrogens (tertiary/aromatic N) is 3. The molecule has 0 amide bonds. The van der Waals surface area contributed by atoms with Gasteiger partial charge in [-0.15, -0.1) is 0 Å². The first-order valence-electron chi connectivity index (χ1n) is 5.95. The van der Waals surface area contributed by atoms with Gasteiger partial charge in [-0.25, -0.2) is 14.5 Å². The summed E-state index contributed by atoms with van der Waals surface area (Å²) in [5.74, 6) is -0.0885. The van der Waals surface area contributed by atoms with Crippen LogP contribution in [0, 0.1) is 6.92 Å². The average molecular weight is 269 g/mol. The van der Waals surface area contributed by atoms with Crippen LogP contribution >= 0.6 is 0 Å². The molecule has 6 nitrogen and oxygen atoms in total. The molecular weight excluding hydrogens is 258 g/mol. The van der Waals surface area contributed by atoms with Crippen LogP contribution in [0.1, 0.15) is 15.9 Å². The molecule has 3 heterocycles. The van der Waals surface area contributed by atoms with Gasteiger partial charge in [-0.3, -0.25) is 0 Å². The van der Waals surface area contributed by atoms with E-state index in [1.807, 2.05) is 19.1 Å². The van der Waals surface area contributed by atoms with Crippen molar-refractivity contribution in [3.8, 4) is 17.3 Å². The molecule has 0 aliphatic carbocycles. The molecular formula is C14H11N3O3. The molecule has 20 heavy (non-hydrogen) atoms. The fourth-order valence-electron chi connectivity index (χ4n) is 1.89. The smallest absolute Gasteiger partial charge is 0.339 e. The largest absolute Gasteiger partial charge is 0.478 e. The van der Waals surface area contributed by atoms with Crippen molar-refractivity contribution in [2.75, 3.05) is 0 Å². The number of pyridine rings is 1. The van der Waals surface area contributed by atoms with Gasteiger partial charge in [0, 0.05) is 12.4 Å². The van der Waals surface area contributed by atoms with Gasteiger partial charge < -0.3 is 9.52 Å². The average Bonchev–Trinajstić information content (AvgIpc) is 3.08. The predicted molar refractivity (Wildman–Crippen MR) is 70.8 cm³/mol. The first-order chi connectivity index (χ1) is 9.65. The van der Waals surface area contributed by atoms with Gasteiger partial charge in [0.15, 0.2) is 11.6 Å². The minimum absolute atomic E-state index is 0.0725. The molecule has 3 aromatic heterocycles. The molecule has 0 saturated heterocycles. The van der Waals surface area contributed by atoms with Gasteiger partial charge in [-0.2, -0.15) is 5.10 Å². The maximum absolute atomic E-state index is 11.3. The van der Waals surface area contributed by atoms with E-state index in [-0.39, 0.29) is 11.3 Å². The number of aromatic carboxylic acids is 1. The predicted octanol–water partition coefficient (Wildman–Crippen LogP) is 2.53. The third kappa shape index (κ3) is 2.07. The third-order valence-electron chi connectivity index (χ3n) is 2.83. The monoisotopic (exact) mass is 269 g/mol. The molecule has 0 aliphatic rings. The molecule has 0 spiro atoms. The third-order valence-corrected chi connectivity index (χ3v) is 2.83. The van der Waals surface area contributed by atoms with Crippen LogP contribution in [0.25, 0.3) is 17.3 Å². The van der Waals surface area contributed by atoms with Crippen LogP contribution in [0.4, 0.5) is 0 Å². The summed E-state index contributed by atoms with van der Waals surface area (Å²) in [5.41, 5.74) is 1.37. The summed E-state index contributed by atoms with van der Waals surface area (Å²) >= 11 is 0. The van der Waals surface area contributed by atoms with Crippen LogP contribution in [0.2, 0.25) is 0 Å². The van der Waals surface area contributed by atoms with Crippen LogP contribution in [-0.2, 0) is 0 Å². The summed E-state index contributed by atoms with van der Waals surface area (Å²) in [7, 11) is 0. The van der Waals surface area contributed by atoms with E-state index in [1.165, 1.54) is 17.1 Å². The maximum Gasteiger partial charge on any atom is 0.339 e. The van der Waals surface area contributed by atoms with Crippen LogP contribution in [0.5, 0.6) is 0 Å². The Morgan fingerprint density at radius 2 is 2.25 bits per heavy atom. The van der Waals surface area contributed by atoms with E-state index in [4.69, 9.17) is 4.42 Å². The van der Waals surface area contributed by atoms with Gasteiger partial charge in [0.2, 0.25) is 0 Å². The maximum atomic E-state index is 11.3. The Labute approximate surface area is 114 Å². The van der Waals surface area contributed by atoms with Crippen LogP contribution in [0.15, 0.2) is 47.3 Å². The van der Waals surface area contributed by atoms with Crippen molar-refractivity contribution in [3.63, 3.8) is 0 Å². The van der Waals surface area contributed by atoms with Crippen molar-refractivity contribution in [1.29, 1.82) is 0 Å². The zero-order valence-electron chi connectivity index (χ0n) is 10.6. The molecule has 0 bridgehead atoms. The standard InChI is InChI=1S/C14H11N3O3/c1-9-4-5-15-12(7-9)17-8-10(14(18)19)13(16-17)11-3-2-6-20-11/h2-8H,1H3,(H,18,19). The first-order valence-corrected chi connectivity index (χ1v) is 5.95. The number of aryl methyl sites for hydroxylation is 1. The summed E-state index contributed by atoms with van der Waals surface area (Å²) in [6.07, 6.45) is 4.56. The van der Waals surface area contributed by atoms with Crippen molar-refractivity contribution >= 4 is 5.97 Å². The Hall–Kier alpha value is -2.89. The molecule has 3 aromatic rings. The van der Waals surface area contributed by atoms with Gasteiger partial charge >= 0.3 is 5.97 Å². The highest BCUT2D eigenvalue weighted by Gasteiger charge is 2.19. The fourth-order valence-corrected chi connectivity index (χ4v) is 1.89. The topological polar surface area (TPSA) is 81.2 Å². The number of hydrogen-bond donors (Lipinski definition) is 1. The van der Waals surface area contributed by atoms with Crippen molar-refractivity contribution in [2.24, 2.45) is 0 Å². The van der Waals surface area contributed by atoms with E-state index in [0.29, 0.717) is 11.6 Å². The number of carboxylic acid groups (broad SMARTS) is 1. The molecule has 6 heteroatoms. The van der Waals surface area contributed by atoms with E-state index >= 15 is 0 Å². The summed E-state index contributed by atoms with van der Waals surface area (Å²) in [4.78, 5) is 15.5. The quantitative estimate of drug-likeness (QED) is 0.790. The summed E-state index contributed by atoms with van der Waals surface area (Å²) in [6.45, 7) is 1.93. The lowest BCUT2D eigenvalue weighted by molar-refractivity contribution is 0.0697. The Kier molecular flexibility index (Phi) is 2.83. The minimum atomic E-state index is -1.06. The van der Waals surface area contributed by atoms with Crippen molar-refractivity contribution in [3.05, 3.63) is 54.0 Å². The Morgan fingerprint density at radius 1 is 1.40 bits per heavy atom. The highest BCUT2D eigenvalue weighted by Crippen LogP contribution is 2.23. The molecule has 0 saturated carbocycles. The van der Waals surface area contributed by atoms with Crippen LogP contribution in [0.3, 0.4) is 0 Å². The summed E-state index contributed by atoms with van der Waals surface area (Å²) < 4.78 is 6.66. The van der Waals surface area contributed by atoms with E-state index in [1.54, 1.807) is 18.3 Å². The molecule has 0 unspecified atom stereocenters. The lowest BCUT2D eigenvalue weighted by Gasteiger charge is -2.00. The highest BCUT2D eigenvalue weighted by molar-refractivity contribution is 5.94. The van der Waals surface area contributed by atoms with E-state index in [2.05, 4.69) is 10.1 Å². The van der Waals surface area contributed by atoms with E-state index < -0.39 is 5.97 Å². The van der Waals surface area contributed by atoms with Gasteiger partial charge in [0.25, 0.3) is 0 Å². The molecule has 0 atom stereocenters. The highest BCUT2D eigenvalue weighted by atomic mass is 16.4. The molecule has 0 fully saturated rings. The number of hydrogen-bond acceptors (Lipinski definition) is 4. The normalized spacial score (nSPS) is 10.7. The van der Waals surface area contributed by atoms with Gasteiger partial charge in [0.1, 0.15) is 11.3 Å². The molecule has 100 valence electrons. The fraction of sp³-hybridized carbons (Fsp3) is 0.0714. The lowest BCUT2D eigenvalue weighted by atomic mass is 10.2. The van der Waals surface area contributed by atoms with Crippen molar-refractivity contribution in [2.45, 2.75) is 6.92 Å². The number of carbonyl (C=O) groups is 1. The molecule has 1 N–H and O–H groups in total. The van der Waals surface area contributed by atoms with Gasteiger partial charge in [-0.1, -0.05) is 0 Å². The summed E-state index contributed by atoms with van der Waals surface area (Å²) in [6, 6.07) is 7.04. The zero-order chi connectivity index (χ0) is 14.1. The Bertz CT molecular complexity index is 760. The first kappa shape index (κ1) is 12.2. The number of aromatic nitrogens is 3. The summed E-state index contributed by atoms with van der Waals surface area (Å²) in [5, 5.41) is 13.5. The molecule has 0 aliphatic heterocycles. The van der Waals surface area contributed by atoms with Crippen LogP contribution in [-0.4, -0.2) is 25.8 Å². The van der Waals surface area contributed by atoms with Gasteiger partial charge in [0.05, 0.1) is 6.26 Å². The van der Waals surface area contributed by atoms with Crippen molar-refractivity contribution < 1.29 is 14.3 Å². The van der Waals surface area contributed by atoms with Crippen LogP contribution < -0.4 is 0 Å². The number of furan rings is 1. The minimum Gasteiger partial charge on any atom is -0.478 e. The second-order valence-corrected chi connectivity index (χ2v) is 4.31. The molecule has 0 aromatic carbocycles. The van der Waals surface area contributed by atoms with Gasteiger partial charge in [-0.05, 0) is 36.8 Å². The van der Waals surface area contributed by atoms with E-state index in [0.717, 1.165) is 5.56 Å². The SMILES string of the molecule is Cc1ccnc(-n2cc(C(=O)O)c(-c3ccco3)n2)c1. The molecule has 0 radical (unpaired) electrons. The van der Waals surface area contributed by atoms with Crippen molar-refractivity contribution in [1.82, 2.24) is 14.8 Å². The lowest BCUT2D eigenvalue weighted by Crippen LogP contribution is -1.98. The number of rotatable bonds is 3. The zero-order valence-corrected chi connectivity index (χ0v) is 10.6. The Balaban J connectivity index is 2.15. The Morgan fingerprint density at radius 3 is 2.90 bits per heavy atom. The second kappa shape index (κ2) is 4.65. The molecule has 3 rings (SSSR count).